The number of hydrogen-bond acceptors (Lipinski definition) is 3. The Balaban J connectivity index is 2.88. The maximum absolute atomic E-state index is 9.71. The van der Waals surface area contributed by atoms with Crippen LogP contribution in [0.3, 0.4) is 0 Å². The molecule has 0 saturated carbocycles. The standard InChI is InChI=1S/C14H23NO2/c1-5-13(17)11-6-8-12(9-7-11)15(4)14(2,3)10-16/h6-9,13,16-17H,5,10H2,1-4H3. The Kier molecular flexibility index (Phi) is 4.54. The van der Waals surface area contributed by atoms with Gasteiger partial charge in [0.25, 0.3) is 0 Å². The summed E-state index contributed by atoms with van der Waals surface area (Å²) >= 11 is 0. The van der Waals surface area contributed by atoms with Crippen LogP contribution in [0.5, 0.6) is 0 Å². The van der Waals surface area contributed by atoms with Crippen molar-refractivity contribution in [2.45, 2.75) is 38.8 Å². The lowest BCUT2D eigenvalue weighted by atomic mass is 10.0. The number of hydrogen-bond donors (Lipinski definition) is 2. The lowest BCUT2D eigenvalue weighted by Gasteiger charge is -2.36. The molecule has 3 heteroatoms. The molecule has 1 unspecified atom stereocenters. The van der Waals surface area contributed by atoms with E-state index in [9.17, 15) is 10.2 Å². The van der Waals surface area contributed by atoms with Crippen LogP contribution in [0.25, 0.3) is 0 Å². The number of anilines is 1. The fourth-order valence-corrected chi connectivity index (χ4v) is 1.61. The molecule has 0 fully saturated rings. The summed E-state index contributed by atoms with van der Waals surface area (Å²) in [6.45, 7) is 6.03. The molecule has 2 N–H and O–H groups in total. The minimum absolute atomic E-state index is 0.100. The van der Waals surface area contributed by atoms with Crippen molar-refractivity contribution in [2.24, 2.45) is 0 Å². The van der Waals surface area contributed by atoms with Crippen LogP contribution in [-0.2, 0) is 0 Å². The topological polar surface area (TPSA) is 43.7 Å². The zero-order valence-electron chi connectivity index (χ0n) is 11.1. The van der Waals surface area contributed by atoms with E-state index in [0.29, 0.717) is 0 Å². The van der Waals surface area contributed by atoms with E-state index in [-0.39, 0.29) is 18.2 Å². The second-order valence-corrected chi connectivity index (χ2v) is 5.05. The fourth-order valence-electron chi connectivity index (χ4n) is 1.61. The van der Waals surface area contributed by atoms with E-state index in [4.69, 9.17) is 0 Å². The molecule has 0 radical (unpaired) electrons. The number of likely N-dealkylation sites (N-methyl/N-ethyl adjacent to an activating group) is 1. The van der Waals surface area contributed by atoms with Gasteiger partial charge in [-0.3, -0.25) is 0 Å². The van der Waals surface area contributed by atoms with Crippen molar-refractivity contribution in [2.75, 3.05) is 18.6 Å². The largest absolute Gasteiger partial charge is 0.394 e. The number of rotatable bonds is 5. The molecule has 17 heavy (non-hydrogen) atoms. The normalized spacial score (nSPS) is 13.5. The molecule has 1 rings (SSSR count). The number of aliphatic hydroxyl groups is 2. The first-order chi connectivity index (χ1) is 7.92. The average molecular weight is 237 g/mol. The first-order valence-electron chi connectivity index (χ1n) is 6.05. The van der Waals surface area contributed by atoms with Crippen molar-refractivity contribution in [1.82, 2.24) is 0 Å². The van der Waals surface area contributed by atoms with Gasteiger partial charge in [0.1, 0.15) is 0 Å². The SMILES string of the molecule is CCC(O)c1ccc(N(C)C(C)(C)CO)cc1. The highest BCUT2D eigenvalue weighted by Gasteiger charge is 2.22. The van der Waals surface area contributed by atoms with Crippen molar-refractivity contribution in [3.8, 4) is 0 Å². The summed E-state index contributed by atoms with van der Waals surface area (Å²) in [5.41, 5.74) is 1.69. The van der Waals surface area contributed by atoms with Crippen LogP contribution in [0.1, 0.15) is 38.9 Å². The third-order valence-corrected chi connectivity index (χ3v) is 3.35. The van der Waals surface area contributed by atoms with E-state index in [1.807, 2.05) is 57.0 Å². The maximum Gasteiger partial charge on any atom is 0.0787 e. The van der Waals surface area contributed by atoms with Crippen LogP contribution in [-0.4, -0.2) is 29.4 Å². The van der Waals surface area contributed by atoms with Crippen LogP contribution in [0.2, 0.25) is 0 Å². The van der Waals surface area contributed by atoms with Crippen LogP contribution >= 0.6 is 0 Å². The molecule has 1 aromatic carbocycles. The Morgan fingerprint density at radius 1 is 1.24 bits per heavy atom. The monoisotopic (exact) mass is 237 g/mol. The first kappa shape index (κ1) is 14.0. The van der Waals surface area contributed by atoms with Gasteiger partial charge in [0.2, 0.25) is 0 Å². The Bertz CT molecular complexity index is 346. The Morgan fingerprint density at radius 2 is 1.76 bits per heavy atom. The maximum atomic E-state index is 9.71. The van der Waals surface area contributed by atoms with E-state index < -0.39 is 0 Å². The second-order valence-electron chi connectivity index (χ2n) is 5.05. The molecule has 0 aromatic heterocycles. The van der Waals surface area contributed by atoms with Crippen molar-refractivity contribution < 1.29 is 10.2 Å². The molecule has 1 aromatic rings. The third-order valence-electron chi connectivity index (χ3n) is 3.35. The minimum Gasteiger partial charge on any atom is -0.394 e. The summed E-state index contributed by atoms with van der Waals surface area (Å²) < 4.78 is 0. The van der Waals surface area contributed by atoms with Gasteiger partial charge < -0.3 is 15.1 Å². The average Bonchev–Trinajstić information content (AvgIpc) is 2.37. The smallest absolute Gasteiger partial charge is 0.0787 e. The van der Waals surface area contributed by atoms with E-state index >= 15 is 0 Å². The van der Waals surface area contributed by atoms with Gasteiger partial charge in [0, 0.05) is 12.7 Å². The summed E-state index contributed by atoms with van der Waals surface area (Å²) in [6, 6.07) is 7.83. The molecule has 3 nitrogen and oxygen atoms in total. The highest BCUT2D eigenvalue weighted by Crippen LogP contribution is 2.24. The Morgan fingerprint density at radius 3 is 2.18 bits per heavy atom. The molecule has 0 amide bonds. The molecule has 0 aliphatic rings. The molecule has 0 spiro atoms. The molecule has 0 aliphatic carbocycles. The summed E-state index contributed by atoms with van der Waals surface area (Å²) in [4.78, 5) is 2.04. The fraction of sp³-hybridized carbons (Fsp3) is 0.571. The summed E-state index contributed by atoms with van der Waals surface area (Å²) in [5.74, 6) is 0. The molecule has 0 heterocycles. The van der Waals surface area contributed by atoms with Gasteiger partial charge in [0.05, 0.1) is 18.2 Å². The predicted molar refractivity (Wildman–Crippen MR) is 71.3 cm³/mol. The van der Waals surface area contributed by atoms with Gasteiger partial charge in [-0.2, -0.15) is 0 Å². The van der Waals surface area contributed by atoms with Crippen LogP contribution < -0.4 is 4.90 Å². The number of nitrogens with zero attached hydrogens (tertiary/aromatic N) is 1. The van der Waals surface area contributed by atoms with E-state index in [1.54, 1.807) is 0 Å². The van der Waals surface area contributed by atoms with Gasteiger partial charge in [-0.25, -0.2) is 0 Å². The zero-order chi connectivity index (χ0) is 13.1. The molecule has 0 saturated heterocycles. The van der Waals surface area contributed by atoms with Gasteiger partial charge in [-0.05, 0) is 38.0 Å². The van der Waals surface area contributed by atoms with E-state index in [0.717, 1.165) is 17.7 Å². The van der Waals surface area contributed by atoms with Crippen molar-refractivity contribution in [3.05, 3.63) is 29.8 Å². The highest BCUT2D eigenvalue weighted by molar-refractivity contribution is 5.49. The number of aliphatic hydroxyl groups excluding tert-OH is 2. The number of benzene rings is 1. The second kappa shape index (κ2) is 5.52. The Hall–Kier alpha value is -1.06. The molecule has 0 aliphatic heterocycles. The van der Waals surface area contributed by atoms with E-state index in [1.165, 1.54) is 0 Å². The lowest BCUT2D eigenvalue weighted by molar-refractivity contribution is 0.173. The van der Waals surface area contributed by atoms with Crippen molar-refractivity contribution in [1.29, 1.82) is 0 Å². The van der Waals surface area contributed by atoms with Crippen molar-refractivity contribution in [3.63, 3.8) is 0 Å². The zero-order valence-corrected chi connectivity index (χ0v) is 11.1. The van der Waals surface area contributed by atoms with Crippen LogP contribution in [0, 0.1) is 0 Å². The summed E-state index contributed by atoms with van der Waals surface area (Å²) in [5, 5.41) is 19.0. The van der Waals surface area contributed by atoms with E-state index in [2.05, 4.69) is 0 Å². The van der Waals surface area contributed by atoms with Crippen molar-refractivity contribution >= 4 is 5.69 Å². The highest BCUT2D eigenvalue weighted by atomic mass is 16.3. The summed E-state index contributed by atoms with van der Waals surface area (Å²) in [7, 11) is 1.96. The lowest BCUT2D eigenvalue weighted by Crippen LogP contribution is -2.44. The molecule has 0 bridgehead atoms. The Labute approximate surface area is 104 Å². The molecule has 1 atom stereocenters. The predicted octanol–water partition coefficient (Wildman–Crippen LogP) is 2.34. The van der Waals surface area contributed by atoms with Gasteiger partial charge in [-0.1, -0.05) is 19.1 Å². The van der Waals surface area contributed by atoms with Crippen LogP contribution in [0.15, 0.2) is 24.3 Å². The van der Waals surface area contributed by atoms with Gasteiger partial charge in [0.15, 0.2) is 0 Å². The van der Waals surface area contributed by atoms with Gasteiger partial charge in [-0.15, -0.1) is 0 Å². The third kappa shape index (κ3) is 3.20. The molecule has 96 valence electrons. The minimum atomic E-state index is -0.389. The quantitative estimate of drug-likeness (QED) is 0.826. The molecular weight excluding hydrogens is 214 g/mol. The summed E-state index contributed by atoms with van der Waals surface area (Å²) in [6.07, 6.45) is 0.331. The molecular formula is C14H23NO2. The first-order valence-corrected chi connectivity index (χ1v) is 6.05. The van der Waals surface area contributed by atoms with Gasteiger partial charge >= 0.3 is 0 Å². The van der Waals surface area contributed by atoms with Crippen LogP contribution in [0.4, 0.5) is 5.69 Å².